The smallest absolute Gasteiger partial charge is 0.335 e. The van der Waals surface area contributed by atoms with Gasteiger partial charge >= 0.3 is 5.97 Å². The Morgan fingerprint density at radius 2 is 2.21 bits per heavy atom. The molecule has 0 atom stereocenters. The van der Waals surface area contributed by atoms with Crippen LogP contribution in [0.2, 0.25) is 0 Å². The first-order chi connectivity index (χ1) is 6.63. The van der Waals surface area contributed by atoms with E-state index in [1.54, 1.807) is 32.1 Å². The monoisotopic (exact) mass is 192 g/mol. The summed E-state index contributed by atoms with van der Waals surface area (Å²) in [6, 6.07) is 4.74. The molecular weight excluding hydrogens is 180 g/mol. The zero-order valence-electron chi connectivity index (χ0n) is 8.15. The highest BCUT2D eigenvalue weighted by Gasteiger charge is 2.02. The standard InChI is InChI=1S/C11H12O3/c1-3-4-11(13)14-9-6-5-8(2)10(12)7-9/h3-7,12H,1-2H3/b4-3+. The Hall–Kier alpha value is -1.77. The van der Waals surface area contributed by atoms with Crippen LogP contribution >= 0.6 is 0 Å². The van der Waals surface area contributed by atoms with Crippen molar-refractivity contribution in [3.8, 4) is 11.5 Å². The summed E-state index contributed by atoms with van der Waals surface area (Å²) in [5.74, 6) is 0.0164. The molecular formula is C11H12O3. The van der Waals surface area contributed by atoms with Crippen molar-refractivity contribution in [1.82, 2.24) is 0 Å². The molecule has 0 saturated carbocycles. The van der Waals surface area contributed by atoms with Gasteiger partial charge in [-0.25, -0.2) is 4.79 Å². The molecule has 0 amide bonds. The van der Waals surface area contributed by atoms with E-state index in [-0.39, 0.29) is 5.75 Å². The molecule has 0 fully saturated rings. The minimum Gasteiger partial charge on any atom is -0.508 e. The molecule has 0 heterocycles. The van der Waals surface area contributed by atoms with Gasteiger partial charge in [0.05, 0.1) is 0 Å². The largest absolute Gasteiger partial charge is 0.508 e. The molecule has 0 aromatic heterocycles. The number of ether oxygens (including phenoxy) is 1. The maximum absolute atomic E-state index is 11.0. The fourth-order valence-electron chi connectivity index (χ4n) is 0.939. The van der Waals surface area contributed by atoms with Crippen molar-refractivity contribution in [2.24, 2.45) is 0 Å². The highest BCUT2D eigenvalue weighted by atomic mass is 16.5. The van der Waals surface area contributed by atoms with Crippen molar-refractivity contribution < 1.29 is 14.6 Å². The van der Waals surface area contributed by atoms with Gasteiger partial charge in [-0.3, -0.25) is 0 Å². The number of aryl methyl sites for hydroxylation is 1. The number of benzene rings is 1. The van der Waals surface area contributed by atoms with Crippen LogP contribution in [0.1, 0.15) is 12.5 Å². The minimum absolute atomic E-state index is 0.121. The topological polar surface area (TPSA) is 46.5 Å². The van der Waals surface area contributed by atoms with Crippen LogP contribution < -0.4 is 4.74 Å². The van der Waals surface area contributed by atoms with Gasteiger partial charge in [-0.05, 0) is 25.5 Å². The molecule has 1 aromatic carbocycles. The molecule has 14 heavy (non-hydrogen) atoms. The summed E-state index contributed by atoms with van der Waals surface area (Å²) in [4.78, 5) is 11.0. The predicted octanol–water partition coefficient (Wildman–Crippen LogP) is 2.18. The van der Waals surface area contributed by atoms with E-state index in [2.05, 4.69) is 0 Å². The van der Waals surface area contributed by atoms with Crippen LogP contribution in [-0.4, -0.2) is 11.1 Å². The average Bonchev–Trinajstić information content (AvgIpc) is 2.12. The van der Waals surface area contributed by atoms with Gasteiger partial charge in [-0.2, -0.15) is 0 Å². The van der Waals surface area contributed by atoms with Gasteiger partial charge in [-0.1, -0.05) is 12.1 Å². The Bertz CT molecular complexity index is 367. The minimum atomic E-state index is -0.448. The van der Waals surface area contributed by atoms with E-state index < -0.39 is 5.97 Å². The van der Waals surface area contributed by atoms with Gasteiger partial charge in [0.2, 0.25) is 0 Å². The summed E-state index contributed by atoms with van der Waals surface area (Å²) in [6.45, 7) is 3.50. The normalized spacial score (nSPS) is 10.4. The molecule has 0 bridgehead atoms. The number of hydrogen-bond donors (Lipinski definition) is 1. The number of rotatable bonds is 2. The molecule has 1 aromatic rings. The van der Waals surface area contributed by atoms with Crippen LogP contribution in [0.5, 0.6) is 11.5 Å². The summed E-state index contributed by atoms with van der Waals surface area (Å²) in [7, 11) is 0. The Balaban J connectivity index is 2.78. The zero-order chi connectivity index (χ0) is 10.6. The maximum Gasteiger partial charge on any atom is 0.335 e. The van der Waals surface area contributed by atoms with Crippen LogP contribution in [0.3, 0.4) is 0 Å². The van der Waals surface area contributed by atoms with Gasteiger partial charge in [0.1, 0.15) is 11.5 Å². The first-order valence-corrected chi connectivity index (χ1v) is 4.27. The predicted molar refractivity (Wildman–Crippen MR) is 53.3 cm³/mol. The van der Waals surface area contributed by atoms with E-state index in [4.69, 9.17) is 4.74 Å². The molecule has 74 valence electrons. The lowest BCUT2D eigenvalue weighted by molar-refractivity contribution is -0.129. The zero-order valence-corrected chi connectivity index (χ0v) is 8.15. The highest BCUT2D eigenvalue weighted by molar-refractivity contribution is 5.83. The molecule has 1 rings (SSSR count). The van der Waals surface area contributed by atoms with E-state index in [0.29, 0.717) is 5.75 Å². The molecule has 0 spiro atoms. The van der Waals surface area contributed by atoms with Crippen molar-refractivity contribution >= 4 is 5.97 Å². The van der Waals surface area contributed by atoms with Gasteiger partial charge in [-0.15, -0.1) is 0 Å². The number of carbonyl (C=O) groups is 1. The molecule has 0 aliphatic rings. The summed E-state index contributed by atoms with van der Waals surface area (Å²) in [6.07, 6.45) is 2.91. The van der Waals surface area contributed by atoms with Crippen molar-refractivity contribution in [2.75, 3.05) is 0 Å². The quantitative estimate of drug-likeness (QED) is 0.444. The van der Waals surface area contributed by atoms with Crippen LogP contribution in [0, 0.1) is 6.92 Å². The second kappa shape index (κ2) is 4.46. The molecule has 0 saturated heterocycles. The summed E-state index contributed by atoms with van der Waals surface area (Å²) >= 11 is 0. The van der Waals surface area contributed by atoms with E-state index in [1.807, 2.05) is 0 Å². The Morgan fingerprint density at radius 1 is 1.50 bits per heavy atom. The van der Waals surface area contributed by atoms with Crippen LogP contribution in [-0.2, 0) is 4.79 Å². The van der Waals surface area contributed by atoms with Crippen LogP contribution in [0.4, 0.5) is 0 Å². The maximum atomic E-state index is 11.0. The number of carbonyl (C=O) groups excluding carboxylic acids is 1. The number of aromatic hydroxyl groups is 1. The summed E-state index contributed by atoms with van der Waals surface area (Å²) in [5.41, 5.74) is 0.746. The first-order valence-electron chi connectivity index (χ1n) is 4.27. The van der Waals surface area contributed by atoms with E-state index >= 15 is 0 Å². The Kier molecular flexibility index (Phi) is 3.29. The molecule has 3 nitrogen and oxygen atoms in total. The average molecular weight is 192 g/mol. The van der Waals surface area contributed by atoms with Crippen molar-refractivity contribution in [3.63, 3.8) is 0 Å². The lowest BCUT2D eigenvalue weighted by Crippen LogP contribution is -2.03. The fourth-order valence-corrected chi connectivity index (χ4v) is 0.939. The highest BCUT2D eigenvalue weighted by Crippen LogP contribution is 2.22. The molecule has 0 aliphatic carbocycles. The third-order valence-corrected chi connectivity index (χ3v) is 1.70. The Labute approximate surface area is 82.6 Å². The van der Waals surface area contributed by atoms with Crippen molar-refractivity contribution in [1.29, 1.82) is 0 Å². The molecule has 1 N–H and O–H groups in total. The first kappa shape index (κ1) is 10.3. The third kappa shape index (κ3) is 2.62. The summed E-state index contributed by atoms with van der Waals surface area (Å²) < 4.78 is 4.90. The third-order valence-electron chi connectivity index (χ3n) is 1.70. The SMILES string of the molecule is C/C=C/C(=O)Oc1ccc(C)c(O)c1. The molecule has 0 radical (unpaired) electrons. The second-order valence-corrected chi connectivity index (χ2v) is 2.87. The summed E-state index contributed by atoms with van der Waals surface area (Å²) in [5, 5.41) is 9.33. The van der Waals surface area contributed by atoms with Crippen LogP contribution in [0.25, 0.3) is 0 Å². The number of phenolic OH excluding ortho intramolecular Hbond substituents is 1. The van der Waals surface area contributed by atoms with E-state index in [0.717, 1.165) is 5.56 Å². The van der Waals surface area contributed by atoms with E-state index in [1.165, 1.54) is 12.1 Å². The molecule has 3 heteroatoms. The van der Waals surface area contributed by atoms with E-state index in [9.17, 15) is 9.90 Å². The number of allylic oxidation sites excluding steroid dienone is 1. The van der Waals surface area contributed by atoms with Crippen molar-refractivity contribution in [3.05, 3.63) is 35.9 Å². The number of hydrogen-bond acceptors (Lipinski definition) is 3. The van der Waals surface area contributed by atoms with Gasteiger partial charge in [0.15, 0.2) is 0 Å². The number of esters is 1. The van der Waals surface area contributed by atoms with Crippen molar-refractivity contribution in [2.45, 2.75) is 13.8 Å². The molecule has 0 unspecified atom stereocenters. The fraction of sp³-hybridized carbons (Fsp3) is 0.182. The van der Waals surface area contributed by atoms with Gasteiger partial charge in [0.25, 0.3) is 0 Å². The lowest BCUT2D eigenvalue weighted by Gasteiger charge is -2.03. The van der Waals surface area contributed by atoms with Gasteiger partial charge in [0, 0.05) is 12.1 Å². The van der Waals surface area contributed by atoms with Gasteiger partial charge < -0.3 is 9.84 Å². The number of phenols is 1. The molecule has 0 aliphatic heterocycles. The Morgan fingerprint density at radius 3 is 2.79 bits per heavy atom. The van der Waals surface area contributed by atoms with Crippen LogP contribution in [0.15, 0.2) is 30.4 Å². The lowest BCUT2D eigenvalue weighted by atomic mass is 10.2. The second-order valence-electron chi connectivity index (χ2n) is 2.87.